The van der Waals surface area contributed by atoms with Crippen molar-refractivity contribution in [2.75, 3.05) is 29.0 Å². The highest BCUT2D eigenvalue weighted by molar-refractivity contribution is 7.92. The zero-order valence-corrected chi connectivity index (χ0v) is 16.5. The summed E-state index contributed by atoms with van der Waals surface area (Å²) in [6.07, 6.45) is 3.57. The summed E-state index contributed by atoms with van der Waals surface area (Å²) < 4.78 is 25.3. The first-order valence-corrected chi connectivity index (χ1v) is 10.9. The molecular formula is C20H25N3O3S. The Kier molecular flexibility index (Phi) is 5.70. The monoisotopic (exact) mass is 387 g/mol. The van der Waals surface area contributed by atoms with E-state index >= 15 is 0 Å². The molecular weight excluding hydrogens is 362 g/mol. The van der Waals surface area contributed by atoms with Crippen LogP contribution in [0.3, 0.4) is 0 Å². The van der Waals surface area contributed by atoms with Crippen LogP contribution in [0.5, 0.6) is 0 Å². The average Bonchev–Trinajstić information content (AvgIpc) is 3.15. The van der Waals surface area contributed by atoms with Gasteiger partial charge in [0, 0.05) is 30.9 Å². The van der Waals surface area contributed by atoms with Gasteiger partial charge < -0.3 is 10.2 Å². The SMILES string of the molecule is Cc1ccc(C(=O)NCc2ccc(N3CCCC3)cc2)cc1NS(C)(=O)=O. The molecule has 0 aliphatic carbocycles. The lowest BCUT2D eigenvalue weighted by Crippen LogP contribution is -2.23. The van der Waals surface area contributed by atoms with E-state index < -0.39 is 10.0 Å². The highest BCUT2D eigenvalue weighted by Crippen LogP contribution is 2.21. The Hall–Kier alpha value is -2.54. The van der Waals surface area contributed by atoms with Crippen LogP contribution in [0.2, 0.25) is 0 Å². The van der Waals surface area contributed by atoms with E-state index in [1.807, 2.05) is 12.1 Å². The number of rotatable bonds is 6. The summed E-state index contributed by atoms with van der Waals surface area (Å²) in [4.78, 5) is 14.8. The molecule has 6 nitrogen and oxygen atoms in total. The fourth-order valence-corrected chi connectivity index (χ4v) is 3.78. The number of hydrogen-bond donors (Lipinski definition) is 2. The molecule has 0 saturated carbocycles. The number of sulfonamides is 1. The van der Waals surface area contributed by atoms with Crippen molar-refractivity contribution in [3.8, 4) is 0 Å². The molecule has 1 aliphatic heterocycles. The van der Waals surface area contributed by atoms with Crippen molar-refractivity contribution in [3.05, 3.63) is 59.2 Å². The van der Waals surface area contributed by atoms with Crippen molar-refractivity contribution in [2.24, 2.45) is 0 Å². The summed E-state index contributed by atoms with van der Waals surface area (Å²) in [7, 11) is -3.39. The molecule has 0 bridgehead atoms. The lowest BCUT2D eigenvalue weighted by atomic mass is 10.1. The lowest BCUT2D eigenvalue weighted by molar-refractivity contribution is 0.0951. The van der Waals surface area contributed by atoms with Crippen LogP contribution in [0, 0.1) is 6.92 Å². The maximum atomic E-state index is 12.4. The average molecular weight is 388 g/mol. The van der Waals surface area contributed by atoms with Gasteiger partial charge in [-0.25, -0.2) is 8.42 Å². The molecule has 0 aromatic heterocycles. The minimum absolute atomic E-state index is 0.241. The third kappa shape index (κ3) is 5.23. The summed E-state index contributed by atoms with van der Waals surface area (Å²) in [6.45, 7) is 4.42. The van der Waals surface area contributed by atoms with Crippen molar-refractivity contribution < 1.29 is 13.2 Å². The van der Waals surface area contributed by atoms with Crippen LogP contribution < -0.4 is 14.9 Å². The largest absolute Gasteiger partial charge is 0.372 e. The van der Waals surface area contributed by atoms with Gasteiger partial charge in [0.05, 0.1) is 11.9 Å². The van der Waals surface area contributed by atoms with Crippen molar-refractivity contribution in [3.63, 3.8) is 0 Å². The minimum atomic E-state index is -3.39. The molecule has 0 unspecified atom stereocenters. The second-order valence-corrected chi connectivity index (χ2v) is 8.70. The number of anilines is 2. The van der Waals surface area contributed by atoms with E-state index in [1.165, 1.54) is 18.5 Å². The van der Waals surface area contributed by atoms with Gasteiger partial charge in [-0.3, -0.25) is 9.52 Å². The summed E-state index contributed by atoms with van der Waals surface area (Å²) in [6, 6.07) is 13.2. The first kappa shape index (κ1) is 19.2. The summed E-state index contributed by atoms with van der Waals surface area (Å²) >= 11 is 0. The number of carbonyl (C=O) groups is 1. The normalized spacial score (nSPS) is 14.2. The molecule has 1 fully saturated rings. The number of aryl methyl sites for hydroxylation is 1. The van der Waals surface area contributed by atoms with E-state index in [9.17, 15) is 13.2 Å². The Bertz CT molecular complexity index is 918. The summed E-state index contributed by atoms with van der Waals surface area (Å²) in [5.74, 6) is -0.241. The number of amides is 1. The van der Waals surface area contributed by atoms with E-state index in [0.29, 0.717) is 17.8 Å². The van der Waals surface area contributed by atoms with Crippen LogP contribution in [0.15, 0.2) is 42.5 Å². The zero-order valence-electron chi connectivity index (χ0n) is 15.7. The molecule has 2 N–H and O–H groups in total. The molecule has 1 aliphatic rings. The zero-order chi connectivity index (χ0) is 19.4. The maximum absolute atomic E-state index is 12.4. The van der Waals surface area contributed by atoms with Gasteiger partial charge in [-0.05, 0) is 55.2 Å². The number of hydrogen-bond acceptors (Lipinski definition) is 4. The first-order valence-electron chi connectivity index (χ1n) is 9.02. The van der Waals surface area contributed by atoms with E-state index in [4.69, 9.17) is 0 Å². The molecule has 1 saturated heterocycles. The number of nitrogens with zero attached hydrogens (tertiary/aromatic N) is 1. The van der Waals surface area contributed by atoms with Gasteiger partial charge >= 0.3 is 0 Å². The van der Waals surface area contributed by atoms with Crippen LogP contribution in [-0.4, -0.2) is 33.7 Å². The van der Waals surface area contributed by atoms with Crippen LogP contribution in [-0.2, 0) is 16.6 Å². The van der Waals surface area contributed by atoms with Crippen LogP contribution >= 0.6 is 0 Å². The number of nitrogens with one attached hydrogen (secondary N) is 2. The highest BCUT2D eigenvalue weighted by atomic mass is 32.2. The summed E-state index contributed by atoms with van der Waals surface area (Å²) in [5.41, 5.74) is 3.83. The minimum Gasteiger partial charge on any atom is -0.372 e. The lowest BCUT2D eigenvalue weighted by Gasteiger charge is -2.17. The van der Waals surface area contributed by atoms with Crippen LogP contribution in [0.1, 0.15) is 34.3 Å². The molecule has 0 spiro atoms. The Morgan fingerprint density at radius 3 is 2.37 bits per heavy atom. The quantitative estimate of drug-likeness (QED) is 0.799. The van der Waals surface area contributed by atoms with Crippen molar-refractivity contribution >= 4 is 27.3 Å². The third-order valence-electron chi connectivity index (χ3n) is 4.66. The Morgan fingerprint density at radius 2 is 1.74 bits per heavy atom. The standard InChI is InChI=1S/C20H25N3O3S/c1-15-5-8-17(13-19(15)22-27(2,25)26)20(24)21-14-16-6-9-18(10-7-16)23-11-3-4-12-23/h5-10,13,22H,3-4,11-12,14H2,1-2H3,(H,21,24). The smallest absolute Gasteiger partial charge is 0.251 e. The second-order valence-electron chi connectivity index (χ2n) is 6.95. The van der Waals surface area contributed by atoms with Gasteiger partial charge in [-0.15, -0.1) is 0 Å². The van der Waals surface area contributed by atoms with Gasteiger partial charge in [0.1, 0.15) is 0 Å². The predicted molar refractivity (Wildman–Crippen MR) is 109 cm³/mol. The molecule has 1 heterocycles. The Labute approximate surface area is 160 Å². The molecule has 1 amide bonds. The summed E-state index contributed by atoms with van der Waals surface area (Å²) in [5, 5.41) is 2.88. The molecule has 3 rings (SSSR count). The predicted octanol–water partition coefficient (Wildman–Crippen LogP) is 2.90. The molecule has 0 radical (unpaired) electrons. The molecule has 7 heteroatoms. The fourth-order valence-electron chi connectivity index (χ4n) is 3.16. The van der Waals surface area contributed by atoms with Crippen LogP contribution in [0.25, 0.3) is 0 Å². The van der Waals surface area contributed by atoms with Gasteiger partial charge in [-0.2, -0.15) is 0 Å². The van der Waals surface area contributed by atoms with Gasteiger partial charge in [0.25, 0.3) is 5.91 Å². The number of benzene rings is 2. The van der Waals surface area contributed by atoms with Crippen molar-refractivity contribution in [2.45, 2.75) is 26.3 Å². The molecule has 2 aromatic rings. The Balaban J connectivity index is 1.62. The molecule has 0 atom stereocenters. The Morgan fingerprint density at radius 1 is 1.07 bits per heavy atom. The third-order valence-corrected chi connectivity index (χ3v) is 5.25. The van der Waals surface area contributed by atoms with E-state index in [0.717, 1.165) is 30.5 Å². The second kappa shape index (κ2) is 8.00. The van der Waals surface area contributed by atoms with Crippen LogP contribution in [0.4, 0.5) is 11.4 Å². The van der Waals surface area contributed by atoms with Crippen molar-refractivity contribution in [1.82, 2.24) is 5.32 Å². The van der Waals surface area contributed by atoms with Gasteiger partial charge in [0.15, 0.2) is 0 Å². The van der Waals surface area contributed by atoms with Gasteiger partial charge in [0.2, 0.25) is 10.0 Å². The van der Waals surface area contributed by atoms with Gasteiger partial charge in [-0.1, -0.05) is 18.2 Å². The van der Waals surface area contributed by atoms with E-state index in [1.54, 1.807) is 25.1 Å². The molecule has 2 aromatic carbocycles. The van der Waals surface area contributed by atoms with Crippen molar-refractivity contribution in [1.29, 1.82) is 0 Å². The topological polar surface area (TPSA) is 78.5 Å². The van der Waals surface area contributed by atoms with E-state index in [-0.39, 0.29) is 5.91 Å². The first-order chi connectivity index (χ1) is 12.8. The fraction of sp³-hybridized carbons (Fsp3) is 0.350. The molecule has 144 valence electrons. The molecule has 27 heavy (non-hydrogen) atoms. The highest BCUT2D eigenvalue weighted by Gasteiger charge is 2.13. The maximum Gasteiger partial charge on any atom is 0.251 e. The van der Waals surface area contributed by atoms with E-state index in [2.05, 4.69) is 27.1 Å². The number of carbonyl (C=O) groups excluding carboxylic acids is 1.